The second kappa shape index (κ2) is 8.96. The summed E-state index contributed by atoms with van der Waals surface area (Å²) in [7, 11) is 0. The minimum absolute atomic E-state index is 0.237. The molecule has 1 N–H and O–H groups in total. The molecule has 0 bridgehead atoms. The van der Waals surface area contributed by atoms with Crippen molar-refractivity contribution in [3.05, 3.63) is 29.8 Å². The number of hydrogen-bond acceptors (Lipinski definition) is 5. The first-order valence-corrected chi connectivity index (χ1v) is 6.84. The highest BCUT2D eigenvalue weighted by atomic mass is 16.5. The van der Waals surface area contributed by atoms with Crippen LogP contribution in [-0.4, -0.2) is 31.7 Å². The summed E-state index contributed by atoms with van der Waals surface area (Å²) in [6.45, 7) is 4.99. The van der Waals surface area contributed by atoms with E-state index in [1.807, 2.05) is 13.0 Å². The molecule has 0 amide bonds. The Balaban J connectivity index is 2.47. The van der Waals surface area contributed by atoms with Gasteiger partial charge in [0.2, 0.25) is 0 Å². The molecule has 0 heterocycles. The minimum atomic E-state index is -0.333. The fourth-order valence-corrected chi connectivity index (χ4v) is 1.58. The van der Waals surface area contributed by atoms with Crippen LogP contribution in [0.5, 0.6) is 0 Å². The van der Waals surface area contributed by atoms with Crippen LogP contribution in [-0.2, 0) is 14.3 Å². The number of nitrogens with one attached hydrogen (secondary N) is 1. The Morgan fingerprint density at radius 1 is 1.20 bits per heavy atom. The molecule has 1 rings (SSSR count). The molecule has 5 heteroatoms. The zero-order valence-corrected chi connectivity index (χ0v) is 12.0. The number of esters is 2. The standard InChI is InChI=1S/C15H21NO4/c1-3-10-20-15(18)12-6-5-7-13(11-12)16-9-8-14(17)19-4-2/h5-7,11,16H,3-4,8-10H2,1-2H3. The lowest BCUT2D eigenvalue weighted by atomic mass is 10.2. The van der Waals surface area contributed by atoms with Crippen LogP contribution in [0.4, 0.5) is 5.69 Å². The number of carbonyl (C=O) groups is 2. The Morgan fingerprint density at radius 2 is 2.00 bits per heavy atom. The average Bonchev–Trinajstić information content (AvgIpc) is 2.45. The second-order valence-corrected chi connectivity index (χ2v) is 4.20. The number of benzene rings is 1. The van der Waals surface area contributed by atoms with Gasteiger partial charge in [0.1, 0.15) is 0 Å². The zero-order chi connectivity index (χ0) is 14.8. The summed E-state index contributed by atoms with van der Waals surface area (Å²) in [5.41, 5.74) is 1.28. The van der Waals surface area contributed by atoms with Gasteiger partial charge < -0.3 is 14.8 Å². The van der Waals surface area contributed by atoms with Gasteiger partial charge >= 0.3 is 11.9 Å². The number of carbonyl (C=O) groups excluding carboxylic acids is 2. The van der Waals surface area contributed by atoms with Gasteiger partial charge in [0.25, 0.3) is 0 Å². The van der Waals surface area contributed by atoms with Gasteiger partial charge in [-0.15, -0.1) is 0 Å². The Labute approximate surface area is 119 Å². The van der Waals surface area contributed by atoms with Crippen LogP contribution >= 0.6 is 0 Å². The largest absolute Gasteiger partial charge is 0.466 e. The lowest BCUT2D eigenvalue weighted by Gasteiger charge is -2.08. The van der Waals surface area contributed by atoms with Crippen LogP contribution in [0.2, 0.25) is 0 Å². The molecule has 0 aliphatic carbocycles. The van der Waals surface area contributed by atoms with Crippen molar-refractivity contribution in [2.24, 2.45) is 0 Å². The van der Waals surface area contributed by atoms with Gasteiger partial charge in [0.05, 0.1) is 25.2 Å². The maximum Gasteiger partial charge on any atom is 0.338 e. The molecule has 0 spiro atoms. The molecule has 0 radical (unpaired) electrons. The van der Waals surface area contributed by atoms with E-state index in [-0.39, 0.29) is 11.9 Å². The Bertz CT molecular complexity index is 445. The van der Waals surface area contributed by atoms with Crippen LogP contribution < -0.4 is 5.32 Å². The lowest BCUT2D eigenvalue weighted by Crippen LogP contribution is -2.12. The summed E-state index contributed by atoms with van der Waals surface area (Å²) < 4.78 is 9.90. The average molecular weight is 279 g/mol. The molecular formula is C15H21NO4. The molecule has 5 nitrogen and oxygen atoms in total. The van der Waals surface area contributed by atoms with E-state index in [9.17, 15) is 9.59 Å². The number of ether oxygens (including phenoxy) is 2. The van der Waals surface area contributed by atoms with Crippen molar-refractivity contribution in [2.45, 2.75) is 26.7 Å². The monoisotopic (exact) mass is 279 g/mol. The molecule has 0 saturated carbocycles. The van der Waals surface area contributed by atoms with Crippen LogP contribution in [0, 0.1) is 0 Å². The molecule has 0 aliphatic heterocycles. The molecule has 20 heavy (non-hydrogen) atoms. The minimum Gasteiger partial charge on any atom is -0.466 e. The maximum atomic E-state index is 11.7. The third kappa shape index (κ3) is 5.73. The number of rotatable bonds is 8. The summed E-state index contributed by atoms with van der Waals surface area (Å²) >= 11 is 0. The highest BCUT2D eigenvalue weighted by Gasteiger charge is 2.07. The molecule has 1 aromatic carbocycles. The Hall–Kier alpha value is -2.04. The molecule has 0 aromatic heterocycles. The van der Waals surface area contributed by atoms with Gasteiger partial charge in [0.15, 0.2) is 0 Å². The van der Waals surface area contributed by atoms with E-state index < -0.39 is 0 Å². The van der Waals surface area contributed by atoms with Crippen molar-refractivity contribution in [3.8, 4) is 0 Å². The van der Waals surface area contributed by atoms with E-state index >= 15 is 0 Å². The Kier molecular flexibility index (Phi) is 7.17. The third-order valence-electron chi connectivity index (χ3n) is 2.50. The van der Waals surface area contributed by atoms with Crippen molar-refractivity contribution in [1.29, 1.82) is 0 Å². The van der Waals surface area contributed by atoms with Gasteiger partial charge in [-0.2, -0.15) is 0 Å². The lowest BCUT2D eigenvalue weighted by molar-refractivity contribution is -0.142. The first kappa shape index (κ1) is 16.0. The fourth-order valence-electron chi connectivity index (χ4n) is 1.58. The summed E-state index contributed by atoms with van der Waals surface area (Å²) in [5.74, 6) is -0.570. The molecule has 1 aromatic rings. The molecule has 0 saturated heterocycles. The summed E-state index contributed by atoms with van der Waals surface area (Å²) in [5, 5.41) is 3.08. The third-order valence-corrected chi connectivity index (χ3v) is 2.50. The molecule has 0 aliphatic rings. The Morgan fingerprint density at radius 3 is 2.70 bits per heavy atom. The maximum absolute atomic E-state index is 11.7. The first-order valence-electron chi connectivity index (χ1n) is 6.84. The number of hydrogen-bond donors (Lipinski definition) is 1. The van der Waals surface area contributed by atoms with Crippen molar-refractivity contribution >= 4 is 17.6 Å². The van der Waals surface area contributed by atoms with Crippen LogP contribution in [0.25, 0.3) is 0 Å². The molecule has 110 valence electrons. The van der Waals surface area contributed by atoms with Gasteiger partial charge in [-0.05, 0) is 31.5 Å². The quantitative estimate of drug-likeness (QED) is 0.741. The molecular weight excluding hydrogens is 258 g/mol. The normalized spacial score (nSPS) is 9.90. The number of anilines is 1. The molecule has 0 unspecified atom stereocenters. The second-order valence-electron chi connectivity index (χ2n) is 4.20. The van der Waals surface area contributed by atoms with Crippen LogP contribution in [0.15, 0.2) is 24.3 Å². The van der Waals surface area contributed by atoms with Crippen molar-refractivity contribution in [3.63, 3.8) is 0 Å². The van der Waals surface area contributed by atoms with Gasteiger partial charge in [-0.1, -0.05) is 13.0 Å². The van der Waals surface area contributed by atoms with Crippen LogP contribution in [0.3, 0.4) is 0 Å². The van der Waals surface area contributed by atoms with Gasteiger partial charge in [-0.25, -0.2) is 4.79 Å². The zero-order valence-electron chi connectivity index (χ0n) is 12.0. The van der Waals surface area contributed by atoms with E-state index in [2.05, 4.69) is 5.32 Å². The predicted molar refractivity (Wildman–Crippen MR) is 76.8 cm³/mol. The van der Waals surface area contributed by atoms with E-state index in [0.717, 1.165) is 12.1 Å². The van der Waals surface area contributed by atoms with E-state index in [0.29, 0.717) is 31.7 Å². The van der Waals surface area contributed by atoms with Crippen LogP contribution in [0.1, 0.15) is 37.0 Å². The smallest absolute Gasteiger partial charge is 0.338 e. The first-order chi connectivity index (χ1) is 9.67. The highest BCUT2D eigenvalue weighted by molar-refractivity contribution is 5.90. The van der Waals surface area contributed by atoms with E-state index in [1.165, 1.54) is 0 Å². The van der Waals surface area contributed by atoms with Gasteiger partial charge in [-0.3, -0.25) is 4.79 Å². The van der Waals surface area contributed by atoms with Crippen molar-refractivity contribution in [1.82, 2.24) is 0 Å². The molecule has 0 fully saturated rings. The van der Waals surface area contributed by atoms with E-state index in [1.54, 1.807) is 25.1 Å². The SMILES string of the molecule is CCCOC(=O)c1cccc(NCCC(=O)OCC)c1. The van der Waals surface area contributed by atoms with Crippen molar-refractivity contribution < 1.29 is 19.1 Å². The summed E-state index contributed by atoms with van der Waals surface area (Å²) in [6.07, 6.45) is 1.08. The summed E-state index contributed by atoms with van der Waals surface area (Å²) in [6, 6.07) is 7.02. The predicted octanol–water partition coefficient (Wildman–Crippen LogP) is 2.62. The van der Waals surface area contributed by atoms with Crippen molar-refractivity contribution in [2.75, 3.05) is 25.1 Å². The fraction of sp³-hybridized carbons (Fsp3) is 0.467. The van der Waals surface area contributed by atoms with Gasteiger partial charge in [0, 0.05) is 12.2 Å². The van der Waals surface area contributed by atoms with E-state index in [4.69, 9.17) is 9.47 Å². The topological polar surface area (TPSA) is 64.6 Å². The molecule has 0 atom stereocenters. The summed E-state index contributed by atoms with van der Waals surface area (Å²) in [4.78, 5) is 22.9. The highest BCUT2D eigenvalue weighted by Crippen LogP contribution is 2.12.